The number of halogens is 1. The van der Waals surface area contributed by atoms with Gasteiger partial charge in [-0.15, -0.1) is 11.3 Å². The third-order valence-corrected chi connectivity index (χ3v) is 6.52. The first-order valence-electron chi connectivity index (χ1n) is 8.37. The Hall–Kier alpha value is -2.11. The van der Waals surface area contributed by atoms with E-state index in [1.807, 2.05) is 24.3 Å². The van der Waals surface area contributed by atoms with Gasteiger partial charge in [-0.25, -0.2) is 0 Å². The number of rotatable bonds is 2. The molecule has 1 aliphatic heterocycles. The molecule has 1 saturated carbocycles. The molecule has 2 aliphatic rings. The molecule has 0 unspecified atom stereocenters. The van der Waals surface area contributed by atoms with Gasteiger partial charge in [0.1, 0.15) is 5.69 Å². The monoisotopic (exact) mass is 369 g/mol. The fraction of sp³-hybridized carbons (Fsp3) is 0.263. The highest BCUT2D eigenvalue weighted by Gasteiger charge is 2.44. The van der Waals surface area contributed by atoms with Crippen LogP contribution in [0.4, 0.5) is 0 Å². The third-order valence-electron chi connectivity index (χ3n) is 5.27. The highest BCUT2D eigenvalue weighted by atomic mass is 35.5. The molecule has 4 heterocycles. The molecule has 4 nitrogen and oxygen atoms in total. The molecule has 1 aliphatic carbocycles. The maximum Gasteiger partial charge on any atom is 0.269 e. The molecule has 0 atom stereocenters. The Balaban J connectivity index is 1.74. The van der Waals surface area contributed by atoms with Crippen molar-refractivity contribution < 1.29 is 4.79 Å². The summed E-state index contributed by atoms with van der Waals surface area (Å²) >= 11 is 7.68. The van der Waals surface area contributed by atoms with E-state index in [4.69, 9.17) is 11.6 Å². The number of amides is 1. The molecular weight excluding hydrogens is 354 g/mol. The number of carbonyl (C=O) groups excluding carboxylic acids is 1. The largest absolute Gasteiger partial charge is 0.344 e. The van der Waals surface area contributed by atoms with Crippen molar-refractivity contribution in [3.05, 3.63) is 52.9 Å². The van der Waals surface area contributed by atoms with E-state index in [1.165, 1.54) is 17.8 Å². The van der Waals surface area contributed by atoms with Gasteiger partial charge in [0, 0.05) is 41.1 Å². The summed E-state index contributed by atoms with van der Waals surface area (Å²) < 4.78 is 2.86. The zero-order valence-electron chi connectivity index (χ0n) is 13.5. The number of hydrogen-bond donors (Lipinski definition) is 1. The molecule has 1 spiro atoms. The number of fused-ring (bicyclic) bond motifs is 1. The molecule has 1 fully saturated rings. The van der Waals surface area contributed by atoms with Crippen molar-refractivity contribution in [2.45, 2.75) is 31.3 Å². The minimum absolute atomic E-state index is 0.0192. The maximum atomic E-state index is 13.0. The average molecular weight is 370 g/mol. The number of nitrogens with one attached hydrogen (secondary N) is 1. The van der Waals surface area contributed by atoms with E-state index in [0.717, 1.165) is 51.0 Å². The van der Waals surface area contributed by atoms with Gasteiger partial charge in [-0.05, 0) is 49.1 Å². The van der Waals surface area contributed by atoms with Gasteiger partial charge < -0.3 is 9.88 Å². The second-order valence-electron chi connectivity index (χ2n) is 6.82. The lowest BCUT2D eigenvalue weighted by molar-refractivity contribution is 0.0720. The van der Waals surface area contributed by atoms with Crippen molar-refractivity contribution in [2.24, 2.45) is 0 Å². The number of aromatic nitrogens is 2. The first-order valence-corrected chi connectivity index (χ1v) is 9.56. The van der Waals surface area contributed by atoms with E-state index in [1.54, 1.807) is 12.4 Å². The second-order valence-corrected chi connectivity index (χ2v) is 8.54. The summed E-state index contributed by atoms with van der Waals surface area (Å²) in [4.78, 5) is 18.1. The summed E-state index contributed by atoms with van der Waals surface area (Å²) in [6, 6.07) is 7.85. The van der Waals surface area contributed by atoms with E-state index in [0.29, 0.717) is 0 Å². The Morgan fingerprint density at radius 3 is 2.64 bits per heavy atom. The fourth-order valence-corrected chi connectivity index (χ4v) is 5.03. The minimum Gasteiger partial charge on any atom is -0.344 e. The molecule has 1 N–H and O–H groups in total. The van der Waals surface area contributed by atoms with Crippen molar-refractivity contribution in [2.75, 3.05) is 0 Å². The predicted octanol–water partition coefficient (Wildman–Crippen LogP) is 4.60. The zero-order chi connectivity index (χ0) is 17.0. The van der Waals surface area contributed by atoms with E-state index in [-0.39, 0.29) is 11.4 Å². The molecule has 0 radical (unpaired) electrons. The van der Waals surface area contributed by atoms with Crippen LogP contribution in [0.15, 0.2) is 42.9 Å². The number of thiophene rings is 1. The highest BCUT2D eigenvalue weighted by molar-refractivity contribution is 7.19. The molecule has 0 bridgehead atoms. The Morgan fingerprint density at radius 1 is 1.20 bits per heavy atom. The quantitative estimate of drug-likeness (QED) is 0.717. The van der Waals surface area contributed by atoms with Crippen LogP contribution in [0, 0.1) is 0 Å². The molecule has 0 aromatic carbocycles. The number of carbonyl (C=O) groups is 1. The van der Waals surface area contributed by atoms with Crippen LogP contribution in [0.5, 0.6) is 0 Å². The van der Waals surface area contributed by atoms with Crippen molar-refractivity contribution in [3.63, 3.8) is 0 Å². The lowest BCUT2D eigenvalue weighted by atomic mass is 9.75. The molecular formula is C19H16ClN3OS. The van der Waals surface area contributed by atoms with Crippen molar-refractivity contribution in [1.29, 1.82) is 0 Å². The number of hydrogen-bond acceptors (Lipinski definition) is 3. The molecule has 6 heteroatoms. The summed E-state index contributed by atoms with van der Waals surface area (Å²) in [6.07, 6.45) is 8.98. The first kappa shape index (κ1) is 15.2. The second kappa shape index (κ2) is 5.44. The summed E-state index contributed by atoms with van der Waals surface area (Å²) in [5.41, 5.74) is 3.77. The van der Waals surface area contributed by atoms with Crippen LogP contribution in [0.1, 0.15) is 29.8 Å². The van der Waals surface area contributed by atoms with Crippen LogP contribution in [-0.4, -0.2) is 21.0 Å². The van der Waals surface area contributed by atoms with Gasteiger partial charge in [0.05, 0.1) is 9.88 Å². The normalized spacial score (nSPS) is 17.9. The first-order chi connectivity index (χ1) is 12.2. The SMILES string of the molecule is O=C1NC2(CCC2)Cn2cc(-c3ccncc3)c(-c3ccc(Cl)s3)c21. The number of nitrogens with zero attached hydrogens (tertiary/aromatic N) is 2. The van der Waals surface area contributed by atoms with Crippen LogP contribution in [0.3, 0.4) is 0 Å². The molecule has 25 heavy (non-hydrogen) atoms. The molecule has 3 aromatic heterocycles. The van der Waals surface area contributed by atoms with E-state index in [9.17, 15) is 4.79 Å². The molecule has 5 rings (SSSR count). The summed E-state index contributed by atoms with van der Waals surface area (Å²) in [7, 11) is 0. The van der Waals surface area contributed by atoms with Crippen LogP contribution >= 0.6 is 22.9 Å². The molecule has 1 amide bonds. The van der Waals surface area contributed by atoms with Crippen LogP contribution < -0.4 is 5.32 Å². The van der Waals surface area contributed by atoms with Crippen molar-refractivity contribution >= 4 is 28.8 Å². The van der Waals surface area contributed by atoms with Gasteiger partial charge in [0.15, 0.2) is 0 Å². The smallest absolute Gasteiger partial charge is 0.269 e. The van der Waals surface area contributed by atoms with Gasteiger partial charge in [-0.3, -0.25) is 9.78 Å². The van der Waals surface area contributed by atoms with Crippen LogP contribution in [0.2, 0.25) is 4.34 Å². The van der Waals surface area contributed by atoms with Gasteiger partial charge in [-0.2, -0.15) is 0 Å². The van der Waals surface area contributed by atoms with Gasteiger partial charge in [-0.1, -0.05) is 11.6 Å². The standard InChI is InChI=1S/C19H16ClN3OS/c20-15-3-2-14(25-15)16-13(12-4-8-21-9-5-12)10-23-11-19(6-1-7-19)22-18(24)17(16)23/h2-5,8-10H,1,6-7,11H2,(H,22,24). The molecule has 3 aromatic rings. The Bertz CT molecular complexity index is 972. The highest BCUT2D eigenvalue weighted by Crippen LogP contribution is 2.44. The Morgan fingerprint density at radius 2 is 2.00 bits per heavy atom. The Labute approximate surface area is 154 Å². The summed E-state index contributed by atoms with van der Waals surface area (Å²) in [6.45, 7) is 0.839. The Kier molecular flexibility index (Phi) is 3.30. The maximum absolute atomic E-state index is 13.0. The van der Waals surface area contributed by atoms with Crippen molar-refractivity contribution in [3.8, 4) is 21.6 Å². The predicted molar refractivity (Wildman–Crippen MR) is 100 cm³/mol. The summed E-state index contributed by atoms with van der Waals surface area (Å²) in [5, 5.41) is 3.27. The van der Waals surface area contributed by atoms with Crippen LogP contribution in [-0.2, 0) is 6.54 Å². The average Bonchev–Trinajstić information content (AvgIpc) is 3.17. The van der Waals surface area contributed by atoms with E-state index >= 15 is 0 Å². The van der Waals surface area contributed by atoms with Crippen LogP contribution in [0.25, 0.3) is 21.6 Å². The van der Waals surface area contributed by atoms with Gasteiger partial charge in [0.25, 0.3) is 5.91 Å². The minimum atomic E-state index is -0.0526. The lowest BCUT2D eigenvalue weighted by Gasteiger charge is -2.45. The molecule has 126 valence electrons. The van der Waals surface area contributed by atoms with Crippen molar-refractivity contribution in [1.82, 2.24) is 14.9 Å². The van der Waals surface area contributed by atoms with Gasteiger partial charge in [0.2, 0.25) is 0 Å². The van der Waals surface area contributed by atoms with E-state index in [2.05, 4.69) is 21.1 Å². The topological polar surface area (TPSA) is 46.9 Å². The van der Waals surface area contributed by atoms with Gasteiger partial charge >= 0.3 is 0 Å². The zero-order valence-corrected chi connectivity index (χ0v) is 15.0. The number of pyridine rings is 1. The fourth-order valence-electron chi connectivity index (χ4n) is 3.93. The van der Waals surface area contributed by atoms with E-state index < -0.39 is 0 Å². The summed E-state index contributed by atoms with van der Waals surface area (Å²) in [5.74, 6) is 0.0192. The third kappa shape index (κ3) is 2.34. The molecule has 0 saturated heterocycles. The lowest BCUT2D eigenvalue weighted by Crippen LogP contribution is -2.59.